The molecular formula is C20H28N4O2. The minimum absolute atomic E-state index is 0.0616. The fourth-order valence-corrected chi connectivity index (χ4v) is 3.66. The summed E-state index contributed by atoms with van der Waals surface area (Å²) >= 11 is 0. The summed E-state index contributed by atoms with van der Waals surface area (Å²) in [7, 11) is 2.06. The van der Waals surface area contributed by atoms with Gasteiger partial charge in [0.2, 0.25) is 5.91 Å². The first-order valence-electron chi connectivity index (χ1n) is 9.16. The average molecular weight is 356 g/mol. The standard InChI is InChI=1S/C20H28N4O2/c1-20(2)16-6-4-5-7-17(16)23(3)18(20)8-10-21-22-19(25)9-11-24-12-14-26-15-13-24/h4-8,10H,9,11-15H2,1-3H3,(H,22,25)/b18-8+,21-10+. The Kier molecular flexibility index (Phi) is 5.74. The molecule has 0 aromatic heterocycles. The monoisotopic (exact) mass is 356 g/mol. The number of nitrogens with zero attached hydrogens (tertiary/aromatic N) is 3. The smallest absolute Gasteiger partial charge is 0.241 e. The third kappa shape index (κ3) is 3.97. The van der Waals surface area contributed by atoms with Crippen molar-refractivity contribution in [2.75, 3.05) is 44.8 Å². The molecular weight excluding hydrogens is 328 g/mol. The quantitative estimate of drug-likeness (QED) is 0.649. The summed E-state index contributed by atoms with van der Waals surface area (Å²) in [5, 5.41) is 4.09. The second kappa shape index (κ2) is 8.01. The highest BCUT2D eigenvalue weighted by atomic mass is 16.5. The summed E-state index contributed by atoms with van der Waals surface area (Å²) in [5.74, 6) is -0.0616. The van der Waals surface area contributed by atoms with Gasteiger partial charge in [-0.15, -0.1) is 0 Å². The summed E-state index contributed by atoms with van der Waals surface area (Å²) in [6, 6.07) is 8.41. The molecule has 1 aromatic carbocycles. The van der Waals surface area contributed by atoms with Crippen LogP contribution in [0.5, 0.6) is 0 Å². The van der Waals surface area contributed by atoms with Crippen LogP contribution in [-0.4, -0.2) is 56.9 Å². The van der Waals surface area contributed by atoms with Crippen LogP contribution >= 0.6 is 0 Å². The van der Waals surface area contributed by atoms with Crippen LogP contribution in [0.15, 0.2) is 41.1 Å². The Morgan fingerprint density at radius 3 is 2.77 bits per heavy atom. The SMILES string of the molecule is CN1/C(=C/C=N/NC(=O)CCN2CCOCC2)C(C)(C)c2ccccc21. The van der Waals surface area contributed by atoms with Gasteiger partial charge in [-0.05, 0) is 17.7 Å². The van der Waals surface area contributed by atoms with Gasteiger partial charge in [0.15, 0.2) is 0 Å². The van der Waals surface area contributed by atoms with E-state index in [2.05, 4.69) is 65.5 Å². The maximum atomic E-state index is 11.9. The van der Waals surface area contributed by atoms with Gasteiger partial charge >= 0.3 is 0 Å². The largest absolute Gasteiger partial charge is 0.379 e. The number of morpholine rings is 1. The van der Waals surface area contributed by atoms with Crippen LogP contribution in [0.3, 0.4) is 0 Å². The third-order valence-corrected chi connectivity index (χ3v) is 5.20. The number of carbonyl (C=O) groups is 1. The number of carbonyl (C=O) groups excluding carboxylic acids is 1. The van der Waals surface area contributed by atoms with Crippen LogP contribution in [0.4, 0.5) is 5.69 Å². The zero-order valence-corrected chi connectivity index (χ0v) is 15.9. The van der Waals surface area contributed by atoms with Crippen molar-refractivity contribution in [1.29, 1.82) is 0 Å². The molecule has 2 heterocycles. The Hall–Kier alpha value is -2.18. The lowest BCUT2D eigenvalue weighted by Crippen LogP contribution is -2.38. The molecule has 3 rings (SSSR count). The Morgan fingerprint density at radius 1 is 1.31 bits per heavy atom. The minimum Gasteiger partial charge on any atom is -0.379 e. The van der Waals surface area contributed by atoms with E-state index in [9.17, 15) is 4.79 Å². The third-order valence-electron chi connectivity index (χ3n) is 5.20. The van der Waals surface area contributed by atoms with Gasteiger partial charge in [0.05, 0.1) is 13.2 Å². The Bertz CT molecular complexity index is 706. The molecule has 1 saturated heterocycles. The molecule has 140 valence electrons. The van der Waals surface area contributed by atoms with E-state index < -0.39 is 0 Å². The molecule has 26 heavy (non-hydrogen) atoms. The predicted octanol–water partition coefficient (Wildman–Crippen LogP) is 2.12. The van der Waals surface area contributed by atoms with Gasteiger partial charge in [-0.1, -0.05) is 32.0 Å². The minimum atomic E-state index is -0.0856. The van der Waals surface area contributed by atoms with E-state index in [0.717, 1.165) is 38.5 Å². The molecule has 2 aliphatic rings. The van der Waals surface area contributed by atoms with Crippen LogP contribution in [0.2, 0.25) is 0 Å². The fraction of sp³-hybridized carbons (Fsp3) is 0.500. The van der Waals surface area contributed by atoms with Crippen molar-refractivity contribution in [2.45, 2.75) is 25.7 Å². The number of allylic oxidation sites excluding steroid dienone is 2. The van der Waals surface area contributed by atoms with Gasteiger partial charge in [-0.25, -0.2) is 5.43 Å². The number of rotatable bonds is 5. The van der Waals surface area contributed by atoms with Crippen LogP contribution in [-0.2, 0) is 14.9 Å². The zero-order chi connectivity index (χ0) is 18.6. The van der Waals surface area contributed by atoms with Crippen molar-refractivity contribution in [3.63, 3.8) is 0 Å². The molecule has 1 aromatic rings. The van der Waals surface area contributed by atoms with Crippen LogP contribution < -0.4 is 10.3 Å². The van der Waals surface area contributed by atoms with Gasteiger partial charge in [0.1, 0.15) is 0 Å². The molecule has 0 aliphatic carbocycles. The molecule has 0 saturated carbocycles. The molecule has 0 unspecified atom stereocenters. The van der Waals surface area contributed by atoms with Gasteiger partial charge in [0, 0.05) is 56.1 Å². The molecule has 0 spiro atoms. The average Bonchev–Trinajstić information content (AvgIpc) is 2.85. The highest BCUT2D eigenvalue weighted by Crippen LogP contribution is 2.46. The number of ether oxygens (including phenoxy) is 1. The number of nitrogens with one attached hydrogen (secondary N) is 1. The molecule has 0 radical (unpaired) electrons. The Morgan fingerprint density at radius 2 is 2.04 bits per heavy atom. The first-order chi connectivity index (χ1) is 12.5. The van der Waals surface area contributed by atoms with Gasteiger partial charge in [0.25, 0.3) is 0 Å². The van der Waals surface area contributed by atoms with E-state index in [1.54, 1.807) is 6.21 Å². The number of benzene rings is 1. The second-order valence-electron chi connectivity index (χ2n) is 7.27. The maximum Gasteiger partial charge on any atom is 0.241 e. The van der Waals surface area contributed by atoms with E-state index in [1.165, 1.54) is 11.3 Å². The van der Waals surface area contributed by atoms with E-state index in [0.29, 0.717) is 6.42 Å². The number of likely N-dealkylation sites (N-methyl/N-ethyl adjacent to an activating group) is 1. The number of hydrazone groups is 1. The number of para-hydroxylation sites is 1. The van der Waals surface area contributed by atoms with Crippen molar-refractivity contribution in [1.82, 2.24) is 10.3 Å². The molecule has 0 bridgehead atoms. The summed E-state index contributed by atoms with van der Waals surface area (Å²) < 4.78 is 5.31. The van der Waals surface area contributed by atoms with Crippen LogP contribution in [0.25, 0.3) is 0 Å². The molecule has 6 heteroatoms. The Balaban J connectivity index is 1.53. The number of anilines is 1. The first-order valence-corrected chi connectivity index (χ1v) is 9.16. The predicted molar refractivity (Wildman–Crippen MR) is 104 cm³/mol. The zero-order valence-electron chi connectivity index (χ0n) is 15.9. The van der Waals surface area contributed by atoms with Gasteiger partial charge in [-0.2, -0.15) is 5.10 Å². The van der Waals surface area contributed by atoms with Crippen molar-refractivity contribution in [3.8, 4) is 0 Å². The lowest BCUT2D eigenvalue weighted by Gasteiger charge is -2.25. The molecule has 6 nitrogen and oxygen atoms in total. The molecule has 1 fully saturated rings. The van der Waals surface area contributed by atoms with E-state index in [4.69, 9.17) is 4.74 Å². The van der Waals surface area contributed by atoms with Crippen LogP contribution in [0, 0.1) is 0 Å². The van der Waals surface area contributed by atoms with Crippen LogP contribution in [0.1, 0.15) is 25.8 Å². The number of hydrogen-bond acceptors (Lipinski definition) is 5. The lowest BCUT2D eigenvalue weighted by atomic mass is 9.84. The molecule has 1 N–H and O–H groups in total. The van der Waals surface area contributed by atoms with Crippen molar-refractivity contribution in [3.05, 3.63) is 41.6 Å². The topological polar surface area (TPSA) is 57.2 Å². The van der Waals surface area contributed by atoms with Crippen molar-refractivity contribution >= 4 is 17.8 Å². The first kappa shape index (κ1) is 18.6. The Labute approximate surface area is 155 Å². The van der Waals surface area contributed by atoms with Crippen molar-refractivity contribution < 1.29 is 9.53 Å². The lowest BCUT2D eigenvalue weighted by molar-refractivity contribution is -0.121. The van der Waals surface area contributed by atoms with Gasteiger partial charge < -0.3 is 9.64 Å². The molecule has 0 atom stereocenters. The molecule has 2 aliphatic heterocycles. The van der Waals surface area contributed by atoms with Gasteiger partial charge in [-0.3, -0.25) is 9.69 Å². The summed E-state index contributed by atoms with van der Waals surface area (Å²) in [5.41, 5.74) is 6.21. The van der Waals surface area contributed by atoms with Crippen molar-refractivity contribution in [2.24, 2.45) is 5.10 Å². The number of hydrogen-bond donors (Lipinski definition) is 1. The van der Waals surface area contributed by atoms with E-state index >= 15 is 0 Å². The number of fused-ring (bicyclic) bond motifs is 1. The highest BCUT2D eigenvalue weighted by Gasteiger charge is 2.37. The summed E-state index contributed by atoms with van der Waals surface area (Å²) in [6.45, 7) is 8.44. The summed E-state index contributed by atoms with van der Waals surface area (Å²) in [6.07, 6.45) is 4.10. The second-order valence-corrected chi connectivity index (χ2v) is 7.27. The fourth-order valence-electron chi connectivity index (χ4n) is 3.66. The number of amides is 1. The normalized spacial score (nSPS) is 21.3. The van der Waals surface area contributed by atoms with E-state index in [1.807, 2.05) is 6.08 Å². The van der Waals surface area contributed by atoms with E-state index in [-0.39, 0.29) is 11.3 Å². The molecule has 1 amide bonds. The summed E-state index contributed by atoms with van der Waals surface area (Å²) in [4.78, 5) is 16.4. The maximum absolute atomic E-state index is 11.9. The highest BCUT2D eigenvalue weighted by molar-refractivity contribution is 5.81.